The lowest BCUT2D eigenvalue weighted by Gasteiger charge is -2.17. The standard InChI is InChI=1S/C8H11N3O2S/c1-5-9-10-8(14-5)11(4-7(12)13)6-2-3-6/h6H,2-4H2,1H3,(H,12,13). The van der Waals surface area contributed by atoms with E-state index >= 15 is 0 Å². The van der Waals surface area contributed by atoms with Gasteiger partial charge in [0.1, 0.15) is 11.6 Å². The first-order valence-corrected chi connectivity index (χ1v) is 5.27. The molecule has 0 unspecified atom stereocenters. The van der Waals surface area contributed by atoms with E-state index in [1.165, 1.54) is 11.3 Å². The smallest absolute Gasteiger partial charge is 0.323 e. The minimum atomic E-state index is -0.815. The Morgan fingerprint density at radius 1 is 1.64 bits per heavy atom. The van der Waals surface area contributed by atoms with Gasteiger partial charge in [0.25, 0.3) is 0 Å². The Balaban J connectivity index is 2.13. The second kappa shape index (κ2) is 3.53. The lowest BCUT2D eigenvalue weighted by Crippen LogP contribution is -2.31. The maximum atomic E-state index is 10.6. The van der Waals surface area contributed by atoms with Crippen LogP contribution in [0.1, 0.15) is 17.8 Å². The zero-order valence-corrected chi connectivity index (χ0v) is 8.62. The zero-order valence-electron chi connectivity index (χ0n) is 7.80. The molecular formula is C8H11N3O2S. The molecule has 1 fully saturated rings. The van der Waals surface area contributed by atoms with Crippen molar-refractivity contribution < 1.29 is 9.90 Å². The van der Waals surface area contributed by atoms with Gasteiger partial charge in [0.05, 0.1) is 0 Å². The van der Waals surface area contributed by atoms with Crippen molar-refractivity contribution in [2.75, 3.05) is 11.4 Å². The van der Waals surface area contributed by atoms with Crippen LogP contribution in [-0.2, 0) is 4.79 Å². The van der Waals surface area contributed by atoms with Gasteiger partial charge >= 0.3 is 5.97 Å². The number of carboxylic acids is 1. The Labute approximate surface area is 85.4 Å². The summed E-state index contributed by atoms with van der Waals surface area (Å²) in [6.45, 7) is 1.90. The number of hydrogen-bond donors (Lipinski definition) is 1. The van der Waals surface area contributed by atoms with Crippen molar-refractivity contribution in [1.29, 1.82) is 0 Å². The highest BCUT2D eigenvalue weighted by atomic mass is 32.1. The predicted octanol–water partition coefficient (Wildman–Crippen LogP) is 0.900. The van der Waals surface area contributed by atoms with Gasteiger partial charge < -0.3 is 10.0 Å². The molecule has 14 heavy (non-hydrogen) atoms. The van der Waals surface area contributed by atoms with Crippen LogP contribution in [0, 0.1) is 6.92 Å². The molecule has 0 saturated heterocycles. The molecule has 5 nitrogen and oxygen atoms in total. The van der Waals surface area contributed by atoms with Gasteiger partial charge in [-0.3, -0.25) is 4.79 Å². The van der Waals surface area contributed by atoms with Crippen LogP contribution in [0.15, 0.2) is 0 Å². The molecule has 0 bridgehead atoms. The molecule has 6 heteroatoms. The molecule has 1 aliphatic carbocycles. The molecule has 76 valence electrons. The topological polar surface area (TPSA) is 66.3 Å². The summed E-state index contributed by atoms with van der Waals surface area (Å²) in [7, 11) is 0. The van der Waals surface area contributed by atoms with E-state index in [9.17, 15) is 4.79 Å². The van der Waals surface area contributed by atoms with Crippen molar-refractivity contribution in [3.05, 3.63) is 5.01 Å². The number of anilines is 1. The molecule has 0 amide bonds. The van der Waals surface area contributed by atoms with Gasteiger partial charge in [0.15, 0.2) is 0 Å². The monoisotopic (exact) mass is 213 g/mol. The van der Waals surface area contributed by atoms with Crippen LogP contribution in [0.25, 0.3) is 0 Å². The quantitative estimate of drug-likeness (QED) is 0.805. The maximum Gasteiger partial charge on any atom is 0.323 e. The van der Waals surface area contributed by atoms with Crippen LogP contribution in [0.2, 0.25) is 0 Å². The minimum Gasteiger partial charge on any atom is -0.480 e. The number of aromatic nitrogens is 2. The molecule has 1 saturated carbocycles. The molecule has 0 radical (unpaired) electrons. The summed E-state index contributed by atoms with van der Waals surface area (Å²) >= 11 is 1.45. The maximum absolute atomic E-state index is 10.6. The molecule has 1 aromatic heterocycles. The molecule has 1 heterocycles. The molecule has 0 aromatic carbocycles. The van der Waals surface area contributed by atoms with Crippen LogP contribution in [0.4, 0.5) is 5.13 Å². The van der Waals surface area contributed by atoms with Crippen molar-refractivity contribution in [2.24, 2.45) is 0 Å². The fraction of sp³-hybridized carbons (Fsp3) is 0.625. The molecule has 0 aliphatic heterocycles. The Morgan fingerprint density at radius 2 is 2.36 bits per heavy atom. The highest BCUT2D eigenvalue weighted by Gasteiger charge is 2.32. The number of carbonyl (C=O) groups is 1. The second-order valence-corrected chi connectivity index (χ2v) is 4.52. The second-order valence-electron chi connectivity index (χ2n) is 3.36. The van der Waals surface area contributed by atoms with Gasteiger partial charge in [-0.25, -0.2) is 0 Å². The SMILES string of the molecule is Cc1nnc(N(CC(=O)O)C2CC2)s1. The Hall–Kier alpha value is -1.17. The van der Waals surface area contributed by atoms with E-state index in [0.717, 1.165) is 23.0 Å². The molecule has 1 aliphatic rings. The predicted molar refractivity (Wildman–Crippen MR) is 52.6 cm³/mol. The molecule has 0 spiro atoms. The van der Waals surface area contributed by atoms with Gasteiger partial charge in [-0.2, -0.15) is 0 Å². The van der Waals surface area contributed by atoms with E-state index in [1.54, 1.807) is 0 Å². The first-order valence-electron chi connectivity index (χ1n) is 4.45. The highest BCUT2D eigenvalue weighted by molar-refractivity contribution is 7.15. The summed E-state index contributed by atoms with van der Waals surface area (Å²) in [4.78, 5) is 12.5. The first kappa shape index (κ1) is 9.39. The Morgan fingerprint density at radius 3 is 2.79 bits per heavy atom. The van der Waals surface area contributed by atoms with E-state index < -0.39 is 5.97 Å². The summed E-state index contributed by atoms with van der Waals surface area (Å²) in [6.07, 6.45) is 2.12. The number of nitrogens with zero attached hydrogens (tertiary/aromatic N) is 3. The van der Waals surface area contributed by atoms with Crippen LogP contribution < -0.4 is 4.90 Å². The third kappa shape index (κ3) is 2.01. The van der Waals surface area contributed by atoms with Crippen LogP contribution in [-0.4, -0.2) is 33.9 Å². The molecular weight excluding hydrogens is 202 g/mol. The third-order valence-electron chi connectivity index (χ3n) is 2.05. The Kier molecular flexibility index (Phi) is 2.37. The highest BCUT2D eigenvalue weighted by Crippen LogP contribution is 2.32. The van der Waals surface area contributed by atoms with E-state index in [1.807, 2.05) is 11.8 Å². The Bertz CT molecular complexity index is 348. The number of aryl methyl sites for hydroxylation is 1. The van der Waals surface area contributed by atoms with Gasteiger partial charge in [0, 0.05) is 6.04 Å². The van der Waals surface area contributed by atoms with Crippen molar-refractivity contribution in [1.82, 2.24) is 10.2 Å². The number of aliphatic carboxylic acids is 1. The third-order valence-corrected chi connectivity index (χ3v) is 2.93. The van der Waals surface area contributed by atoms with E-state index in [0.29, 0.717) is 6.04 Å². The summed E-state index contributed by atoms with van der Waals surface area (Å²) in [6, 6.07) is 0.360. The van der Waals surface area contributed by atoms with Gasteiger partial charge in [-0.05, 0) is 19.8 Å². The minimum absolute atomic E-state index is 0.0271. The number of rotatable bonds is 4. The zero-order chi connectivity index (χ0) is 10.1. The summed E-state index contributed by atoms with van der Waals surface area (Å²) in [5, 5.41) is 18.2. The summed E-state index contributed by atoms with van der Waals surface area (Å²) < 4.78 is 0. The van der Waals surface area contributed by atoms with E-state index in [2.05, 4.69) is 10.2 Å². The van der Waals surface area contributed by atoms with Crippen molar-refractivity contribution in [3.63, 3.8) is 0 Å². The van der Waals surface area contributed by atoms with Crippen molar-refractivity contribution in [3.8, 4) is 0 Å². The molecule has 2 rings (SSSR count). The lowest BCUT2D eigenvalue weighted by molar-refractivity contribution is -0.135. The number of carboxylic acid groups (broad SMARTS) is 1. The first-order chi connectivity index (χ1) is 6.66. The number of hydrogen-bond acceptors (Lipinski definition) is 5. The van der Waals surface area contributed by atoms with Crippen LogP contribution in [0.5, 0.6) is 0 Å². The summed E-state index contributed by atoms with van der Waals surface area (Å²) in [5.41, 5.74) is 0. The van der Waals surface area contributed by atoms with Gasteiger partial charge in [-0.1, -0.05) is 11.3 Å². The van der Waals surface area contributed by atoms with Crippen molar-refractivity contribution in [2.45, 2.75) is 25.8 Å². The van der Waals surface area contributed by atoms with Gasteiger partial charge in [-0.15, -0.1) is 10.2 Å². The van der Waals surface area contributed by atoms with Crippen LogP contribution in [0.3, 0.4) is 0 Å². The largest absolute Gasteiger partial charge is 0.480 e. The van der Waals surface area contributed by atoms with Crippen LogP contribution >= 0.6 is 11.3 Å². The fourth-order valence-electron chi connectivity index (χ4n) is 1.29. The van der Waals surface area contributed by atoms with Crippen molar-refractivity contribution >= 4 is 22.4 Å². The average molecular weight is 213 g/mol. The van der Waals surface area contributed by atoms with E-state index in [-0.39, 0.29) is 6.54 Å². The fourth-order valence-corrected chi connectivity index (χ4v) is 2.05. The average Bonchev–Trinajstić information content (AvgIpc) is 2.85. The normalized spacial score (nSPS) is 15.5. The molecule has 1 aromatic rings. The molecule has 0 atom stereocenters. The molecule has 1 N–H and O–H groups in total. The van der Waals surface area contributed by atoms with E-state index in [4.69, 9.17) is 5.11 Å². The lowest BCUT2D eigenvalue weighted by atomic mass is 10.5. The van der Waals surface area contributed by atoms with Gasteiger partial charge in [0.2, 0.25) is 5.13 Å². The summed E-state index contributed by atoms with van der Waals surface area (Å²) in [5.74, 6) is -0.815.